The van der Waals surface area contributed by atoms with E-state index in [1.54, 1.807) is 0 Å². The van der Waals surface area contributed by atoms with Crippen LogP contribution in [0.1, 0.15) is 52.3 Å². The molecular weight excluding hydrogens is 443 g/mol. The zero-order valence-corrected chi connectivity index (χ0v) is 18.2. The minimum absolute atomic E-state index is 0. The molecule has 9 heteroatoms. The Morgan fingerprint density at radius 1 is 1.12 bits per heavy atom. The van der Waals surface area contributed by atoms with Crippen LogP contribution in [0.3, 0.4) is 0 Å². The van der Waals surface area contributed by atoms with Crippen molar-refractivity contribution in [2.45, 2.75) is 57.3 Å². The number of alkyl halides is 3. The molecule has 2 aliphatic carbocycles. The zero-order valence-electron chi connectivity index (χ0n) is 17.4. The number of benzene rings is 1. The Labute approximate surface area is 189 Å². The number of carbonyl (C=O) groups is 1. The molecule has 1 unspecified atom stereocenters. The molecule has 1 aromatic carbocycles. The van der Waals surface area contributed by atoms with Crippen LogP contribution < -0.4 is 0 Å². The van der Waals surface area contributed by atoms with Gasteiger partial charge in [0.15, 0.2) is 5.76 Å². The van der Waals surface area contributed by atoms with Gasteiger partial charge in [0.1, 0.15) is 5.76 Å². The van der Waals surface area contributed by atoms with E-state index in [-0.39, 0.29) is 47.5 Å². The van der Waals surface area contributed by atoms with Crippen LogP contribution in [-0.2, 0) is 19.0 Å². The summed E-state index contributed by atoms with van der Waals surface area (Å²) in [5, 5.41) is 7.36. The van der Waals surface area contributed by atoms with Crippen LogP contribution in [0.15, 0.2) is 40.8 Å². The summed E-state index contributed by atoms with van der Waals surface area (Å²) in [6.07, 6.45) is -0.304. The number of aryl methyl sites for hydroxylation is 2. The number of H-pyrrole nitrogens is 1. The summed E-state index contributed by atoms with van der Waals surface area (Å²) in [7, 11) is 0. The van der Waals surface area contributed by atoms with Crippen LogP contribution in [0.25, 0.3) is 11.3 Å². The topological polar surface area (TPSA) is 62.1 Å². The predicted molar refractivity (Wildman–Crippen MR) is 115 cm³/mol. The molecule has 1 N–H and O–H groups in total. The van der Waals surface area contributed by atoms with Gasteiger partial charge in [-0.25, -0.2) is 0 Å². The number of aromatic nitrogens is 2. The minimum atomic E-state index is -4.50. The molecule has 1 saturated carbocycles. The molecule has 170 valence electrons. The number of halogens is 4. The molecule has 2 aliphatic rings. The molecule has 0 aliphatic heterocycles. The summed E-state index contributed by atoms with van der Waals surface area (Å²) in [4.78, 5) is 15.3. The van der Waals surface area contributed by atoms with E-state index in [0.717, 1.165) is 55.1 Å². The Morgan fingerprint density at radius 3 is 2.59 bits per heavy atom. The highest BCUT2D eigenvalue weighted by Gasteiger charge is 2.41. The molecular formula is C23H23ClF3N3O2. The normalized spacial score (nSPS) is 18.1. The van der Waals surface area contributed by atoms with Gasteiger partial charge >= 0.3 is 6.18 Å². The van der Waals surface area contributed by atoms with E-state index >= 15 is 0 Å². The van der Waals surface area contributed by atoms with Crippen LogP contribution in [0.2, 0.25) is 0 Å². The number of fused-ring (bicyclic) bond motifs is 1. The van der Waals surface area contributed by atoms with Gasteiger partial charge in [0.2, 0.25) is 0 Å². The van der Waals surface area contributed by atoms with E-state index in [2.05, 4.69) is 10.2 Å². The second kappa shape index (κ2) is 8.31. The SMILES string of the molecule is Cc1[nH]nc2c1CC(N(C(=O)c1ccc(-c3ccccc3C(F)(F)F)o1)C1CC1)CC2.Cl. The number of hydrogen-bond acceptors (Lipinski definition) is 3. The molecule has 2 heterocycles. The van der Waals surface area contributed by atoms with Crippen molar-refractivity contribution in [1.82, 2.24) is 15.1 Å². The number of rotatable bonds is 4. The first kappa shape index (κ1) is 22.5. The van der Waals surface area contributed by atoms with E-state index in [4.69, 9.17) is 4.42 Å². The van der Waals surface area contributed by atoms with Gasteiger partial charge in [-0.1, -0.05) is 18.2 Å². The van der Waals surface area contributed by atoms with Crippen molar-refractivity contribution in [3.63, 3.8) is 0 Å². The molecule has 0 spiro atoms. The van der Waals surface area contributed by atoms with Crippen LogP contribution in [-0.4, -0.2) is 33.1 Å². The predicted octanol–water partition coefficient (Wildman–Crippen LogP) is 5.58. The van der Waals surface area contributed by atoms with Crippen molar-refractivity contribution in [2.75, 3.05) is 0 Å². The molecule has 0 bridgehead atoms. The second-order valence-electron chi connectivity index (χ2n) is 8.32. The quantitative estimate of drug-likeness (QED) is 0.547. The van der Waals surface area contributed by atoms with Crippen LogP contribution >= 0.6 is 12.4 Å². The largest absolute Gasteiger partial charge is 0.451 e. The highest BCUT2D eigenvalue weighted by molar-refractivity contribution is 5.93. The standard InChI is InChI=1S/C23H22F3N3O2.ClH/c1-13-17-12-15(8-9-19(17)28-27-13)29(14-6-7-14)22(30)21-11-10-20(31-21)16-4-2-3-5-18(16)23(24,25)26;/h2-5,10-11,14-15H,6-9,12H2,1H3,(H,27,28);1H. The maximum absolute atomic E-state index is 13.4. The number of amides is 1. The molecule has 5 nitrogen and oxygen atoms in total. The number of nitrogens with zero attached hydrogens (tertiary/aromatic N) is 2. The third-order valence-corrected chi connectivity index (χ3v) is 6.20. The lowest BCUT2D eigenvalue weighted by Gasteiger charge is -2.34. The summed E-state index contributed by atoms with van der Waals surface area (Å²) in [6.45, 7) is 1.98. The molecule has 0 radical (unpaired) electrons. The third-order valence-electron chi connectivity index (χ3n) is 6.20. The first-order chi connectivity index (χ1) is 14.8. The highest BCUT2D eigenvalue weighted by Crippen LogP contribution is 2.39. The fraction of sp³-hybridized carbons (Fsp3) is 0.391. The molecule has 1 amide bonds. The van der Waals surface area contributed by atoms with E-state index in [1.807, 2.05) is 11.8 Å². The number of furan rings is 1. The van der Waals surface area contributed by atoms with E-state index in [9.17, 15) is 18.0 Å². The second-order valence-corrected chi connectivity index (χ2v) is 8.32. The lowest BCUT2D eigenvalue weighted by Crippen LogP contribution is -2.44. The Bertz CT molecular complexity index is 1130. The summed E-state index contributed by atoms with van der Waals surface area (Å²) < 4.78 is 45.8. The fourth-order valence-corrected chi connectivity index (χ4v) is 4.51. The number of carbonyl (C=O) groups excluding carboxylic acids is 1. The molecule has 0 saturated heterocycles. The summed E-state index contributed by atoms with van der Waals surface area (Å²) in [6, 6.07) is 8.35. The molecule has 1 fully saturated rings. The molecule has 2 aromatic heterocycles. The van der Waals surface area contributed by atoms with Crippen LogP contribution in [0, 0.1) is 6.92 Å². The van der Waals surface area contributed by atoms with Crippen molar-refractivity contribution < 1.29 is 22.4 Å². The maximum atomic E-state index is 13.4. The number of aromatic amines is 1. The van der Waals surface area contributed by atoms with Gasteiger partial charge in [0, 0.05) is 23.3 Å². The summed E-state index contributed by atoms with van der Waals surface area (Å²) >= 11 is 0. The first-order valence-electron chi connectivity index (χ1n) is 10.4. The van der Waals surface area contributed by atoms with Crippen molar-refractivity contribution in [2.24, 2.45) is 0 Å². The Kier molecular flexibility index (Phi) is 5.83. The van der Waals surface area contributed by atoms with Gasteiger partial charge in [0.05, 0.1) is 11.3 Å². The van der Waals surface area contributed by atoms with Crippen LogP contribution in [0.5, 0.6) is 0 Å². The van der Waals surface area contributed by atoms with Crippen molar-refractivity contribution in [3.05, 3.63) is 64.7 Å². The number of hydrogen-bond donors (Lipinski definition) is 1. The van der Waals surface area contributed by atoms with E-state index < -0.39 is 11.7 Å². The van der Waals surface area contributed by atoms with Crippen molar-refractivity contribution in [3.8, 4) is 11.3 Å². The Morgan fingerprint density at radius 2 is 1.88 bits per heavy atom. The molecule has 3 aromatic rings. The smallest absolute Gasteiger partial charge is 0.417 e. The van der Waals surface area contributed by atoms with Gasteiger partial charge in [0.25, 0.3) is 5.91 Å². The monoisotopic (exact) mass is 465 g/mol. The number of nitrogens with one attached hydrogen (secondary N) is 1. The minimum Gasteiger partial charge on any atom is -0.451 e. The van der Waals surface area contributed by atoms with Crippen molar-refractivity contribution in [1.29, 1.82) is 0 Å². The van der Waals surface area contributed by atoms with E-state index in [0.29, 0.717) is 0 Å². The van der Waals surface area contributed by atoms with Gasteiger partial charge in [-0.2, -0.15) is 18.3 Å². The fourth-order valence-electron chi connectivity index (χ4n) is 4.51. The first-order valence-corrected chi connectivity index (χ1v) is 10.4. The Hall–Kier alpha value is -2.74. The van der Waals surface area contributed by atoms with E-state index in [1.165, 1.54) is 30.3 Å². The van der Waals surface area contributed by atoms with Gasteiger partial charge in [-0.05, 0) is 62.8 Å². The van der Waals surface area contributed by atoms with Gasteiger partial charge in [-0.3, -0.25) is 9.89 Å². The van der Waals surface area contributed by atoms with Crippen LogP contribution in [0.4, 0.5) is 13.2 Å². The van der Waals surface area contributed by atoms with Crippen molar-refractivity contribution >= 4 is 18.3 Å². The highest BCUT2D eigenvalue weighted by atomic mass is 35.5. The van der Waals surface area contributed by atoms with Gasteiger partial charge in [-0.15, -0.1) is 12.4 Å². The maximum Gasteiger partial charge on any atom is 0.417 e. The summed E-state index contributed by atoms with van der Waals surface area (Å²) in [5.74, 6) is -0.134. The average molecular weight is 466 g/mol. The lowest BCUT2D eigenvalue weighted by atomic mass is 9.90. The Balaban J connectivity index is 0.00000245. The summed E-state index contributed by atoms with van der Waals surface area (Å²) in [5.41, 5.74) is 2.39. The average Bonchev–Trinajstić information content (AvgIpc) is 3.32. The molecule has 5 rings (SSSR count). The lowest BCUT2D eigenvalue weighted by molar-refractivity contribution is -0.137. The molecule has 32 heavy (non-hydrogen) atoms. The third kappa shape index (κ3) is 4.03. The zero-order chi connectivity index (χ0) is 21.8. The van der Waals surface area contributed by atoms with Gasteiger partial charge < -0.3 is 9.32 Å². The molecule has 1 atom stereocenters.